The third-order valence-electron chi connectivity index (χ3n) is 2.17. The van der Waals surface area contributed by atoms with Crippen LogP contribution in [0.4, 0.5) is 5.82 Å². The molecule has 3 nitrogen and oxygen atoms in total. The molecule has 0 saturated carbocycles. The van der Waals surface area contributed by atoms with Crippen molar-refractivity contribution in [3.63, 3.8) is 0 Å². The van der Waals surface area contributed by atoms with Gasteiger partial charge in [0, 0.05) is 5.25 Å². The highest BCUT2D eigenvalue weighted by atomic mass is 32.2. The standard InChI is InChI=1S/C10H19N3S/c1-5-8(4)13-10(11)9(6-12-13)14-7(2)3/h6-8H,5,11H2,1-4H3. The third-order valence-corrected chi connectivity index (χ3v) is 3.21. The molecule has 1 aromatic rings. The van der Waals surface area contributed by atoms with Gasteiger partial charge in [0.1, 0.15) is 5.82 Å². The average molecular weight is 213 g/mol. The fourth-order valence-electron chi connectivity index (χ4n) is 1.22. The van der Waals surface area contributed by atoms with Crippen LogP contribution in [0, 0.1) is 0 Å². The highest BCUT2D eigenvalue weighted by Crippen LogP contribution is 2.30. The van der Waals surface area contributed by atoms with Crippen molar-refractivity contribution in [2.24, 2.45) is 0 Å². The molecule has 0 fully saturated rings. The van der Waals surface area contributed by atoms with E-state index in [1.54, 1.807) is 11.8 Å². The maximum atomic E-state index is 6.01. The summed E-state index contributed by atoms with van der Waals surface area (Å²) >= 11 is 1.77. The Labute approximate surface area is 90.1 Å². The molecule has 14 heavy (non-hydrogen) atoms. The Hall–Kier alpha value is -0.640. The molecule has 0 amide bonds. The van der Waals surface area contributed by atoms with Crippen LogP contribution in [0.1, 0.15) is 40.2 Å². The predicted molar refractivity (Wildman–Crippen MR) is 62.6 cm³/mol. The van der Waals surface area contributed by atoms with E-state index in [1.807, 2.05) is 10.9 Å². The van der Waals surface area contributed by atoms with E-state index in [0.29, 0.717) is 11.3 Å². The van der Waals surface area contributed by atoms with Gasteiger partial charge in [-0.15, -0.1) is 11.8 Å². The van der Waals surface area contributed by atoms with E-state index >= 15 is 0 Å². The van der Waals surface area contributed by atoms with Gasteiger partial charge in [-0.2, -0.15) is 5.10 Å². The molecule has 0 aromatic carbocycles. The van der Waals surface area contributed by atoms with Crippen molar-refractivity contribution < 1.29 is 0 Å². The first-order valence-corrected chi connectivity index (χ1v) is 5.93. The van der Waals surface area contributed by atoms with Crippen molar-refractivity contribution in [3.05, 3.63) is 6.20 Å². The summed E-state index contributed by atoms with van der Waals surface area (Å²) in [6.07, 6.45) is 2.92. The van der Waals surface area contributed by atoms with Gasteiger partial charge < -0.3 is 5.73 Å². The maximum Gasteiger partial charge on any atom is 0.135 e. The molecule has 0 radical (unpaired) electrons. The molecule has 2 N–H and O–H groups in total. The van der Waals surface area contributed by atoms with Crippen LogP contribution in [-0.2, 0) is 0 Å². The van der Waals surface area contributed by atoms with Gasteiger partial charge in [-0.1, -0.05) is 20.8 Å². The monoisotopic (exact) mass is 213 g/mol. The lowest BCUT2D eigenvalue weighted by atomic mass is 10.3. The number of nitrogen functional groups attached to an aromatic ring is 1. The number of hydrogen-bond donors (Lipinski definition) is 1. The number of thioether (sulfide) groups is 1. The molecule has 0 aliphatic heterocycles. The molecule has 4 heteroatoms. The summed E-state index contributed by atoms with van der Waals surface area (Å²) in [6.45, 7) is 8.59. The lowest BCUT2D eigenvalue weighted by Crippen LogP contribution is -2.09. The number of nitrogens with two attached hydrogens (primary N) is 1. The van der Waals surface area contributed by atoms with Gasteiger partial charge in [0.2, 0.25) is 0 Å². The summed E-state index contributed by atoms with van der Waals surface area (Å²) in [5, 5.41) is 4.86. The molecular formula is C10H19N3S. The van der Waals surface area contributed by atoms with Gasteiger partial charge in [-0.05, 0) is 13.3 Å². The summed E-state index contributed by atoms with van der Waals surface area (Å²) in [7, 11) is 0. The highest BCUT2D eigenvalue weighted by Gasteiger charge is 2.12. The second-order valence-corrected chi connectivity index (χ2v) is 5.38. The Kier molecular flexibility index (Phi) is 3.86. The summed E-state index contributed by atoms with van der Waals surface area (Å²) < 4.78 is 1.91. The minimum absolute atomic E-state index is 0.386. The minimum atomic E-state index is 0.386. The Balaban J connectivity index is 2.85. The van der Waals surface area contributed by atoms with Gasteiger partial charge in [0.15, 0.2) is 0 Å². The van der Waals surface area contributed by atoms with Gasteiger partial charge in [0.25, 0.3) is 0 Å². The lowest BCUT2D eigenvalue weighted by Gasteiger charge is -2.11. The minimum Gasteiger partial charge on any atom is -0.383 e. The molecule has 1 heterocycles. The highest BCUT2D eigenvalue weighted by molar-refractivity contribution is 8.00. The van der Waals surface area contributed by atoms with E-state index in [4.69, 9.17) is 5.73 Å². The van der Waals surface area contributed by atoms with E-state index in [0.717, 1.165) is 17.1 Å². The first-order chi connectivity index (χ1) is 6.56. The Morgan fingerprint density at radius 1 is 1.50 bits per heavy atom. The molecule has 0 spiro atoms. The molecule has 80 valence electrons. The van der Waals surface area contributed by atoms with Crippen LogP contribution >= 0.6 is 11.8 Å². The number of aromatic nitrogens is 2. The normalized spacial score (nSPS) is 13.5. The van der Waals surface area contributed by atoms with Crippen molar-refractivity contribution in [2.45, 2.75) is 50.3 Å². The van der Waals surface area contributed by atoms with E-state index in [9.17, 15) is 0 Å². The summed E-state index contributed by atoms with van der Waals surface area (Å²) in [6, 6.07) is 0.386. The van der Waals surface area contributed by atoms with E-state index in [2.05, 4.69) is 32.8 Å². The number of hydrogen-bond acceptors (Lipinski definition) is 3. The molecule has 1 aromatic heterocycles. The first kappa shape index (κ1) is 11.4. The quantitative estimate of drug-likeness (QED) is 0.782. The summed E-state index contributed by atoms with van der Waals surface area (Å²) in [4.78, 5) is 1.10. The maximum absolute atomic E-state index is 6.01. The average Bonchev–Trinajstić information content (AvgIpc) is 2.46. The zero-order chi connectivity index (χ0) is 10.7. The van der Waals surface area contributed by atoms with Crippen LogP contribution in [0.25, 0.3) is 0 Å². The largest absolute Gasteiger partial charge is 0.383 e. The topological polar surface area (TPSA) is 43.8 Å². The van der Waals surface area contributed by atoms with Crippen LogP contribution in [-0.4, -0.2) is 15.0 Å². The van der Waals surface area contributed by atoms with Crippen molar-refractivity contribution >= 4 is 17.6 Å². The van der Waals surface area contributed by atoms with E-state index < -0.39 is 0 Å². The zero-order valence-corrected chi connectivity index (χ0v) is 10.1. The Bertz CT molecular complexity index is 294. The van der Waals surface area contributed by atoms with Crippen LogP contribution in [0.2, 0.25) is 0 Å². The van der Waals surface area contributed by atoms with Gasteiger partial charge >= 0.3 is 0 Å². The first-order valence-electron chi connectivity index (χ1n) is 5.05. The molecule has 0 aliphatic rings. The molecule has 0 aliphatic carbocycles. The fourth-order valence-corrected chi connectivity index (χ4v) is 2.05. The second-order valence-electron chi connectivity index (χ2n) is 3.76. The number of anilines is 1. The van der Waals surface area contributed by atoms with Gasteiger partial charge in [-0.25, -0.2) is 4.68 Å². The van der Waals surface area contributed by atoms with Gasteiger partial charge in [-0.3, -0.25) is 0 Å². The van der Waals surface area contributed by atoms with Crippen molar-refractivity contribution in [1.29, 1.82) is 0 Å². The molecule has 1 unspecified atom stereocenters. The van der Waals surface area contributed by atoms with Crippen molar-refractivity contribution in [2.75, 3.05) is 5.73 Å². The zero-order valence-electron chi connectivity index (χ0n) is 9.32. The molecule has 0 bridgehead atoms. The SMILES string of the molecule is CCC(C)n1ncc(SC(C)C)c1N. The van der Waals surface area contributed by atoms with E-state index in [-0.39, 0.29) is 0 Å². The molecule has 0 saturated heterocycles. The van der Waals surface area contributed by atoms with Crippen LogP contribution in [0.3, 0.4) is 0 Å². The molecular weight excluding hydrogens is 194 g/mol. The molecule has 1 atom stereocenters. The van der Waals surface area contributed by atoms with E-state index in [1.165, 1.54) is 0 Å². The Morgan fingerprint density at radius 2 is 2.14 bits per heavy atom. The summed E-state index contributed by atoms with van der Waals surface area (Å²) in [5.74, 6) is 0.804. The number of nitrogens with zero attached hydrogens (tertiary/aromatic N) is 2. The summed E-state index contributed by atoms with van der Waals surface area (Å²) in [5.41, 5.74) is 6.01. The Morgan fingerprint density at radius 3 is 2.64 bits per heavy atom. The van der Waals surface area contributed by atoms with Crippen LogP contribution in [0.5, 0.6) is 0 Å². The number of rotatable bonds is 4. The van der Waals surface area contributed by atoms with Crippen molar-refractivity contribution in [3.8, 4) is 0 Å². The van der Waals surface area contributed by atoms with Gasteiger partial charge in [0.05, 0.1) is 17.1 Å². The molecule has 1 rings (SSSR count). The van der Waals surface area contributed by atoms with Crippen LogP contribution < -0.4 is 5.73 Å². The predicted octanol–water partition coefficient (Wildman–Crippen LogP) is 2.94. The second kappa shape index (κ2) is 4.73. The third kappa shape index (κ3) is 2.44. The van der Waals surface area contributed by atoms with Crippen molar-refractivity contribution in [1.82, 2.24) is 9.78 Å². The fraction of sp³-hybridized carbons (Fsp3) is 0.700. The smallest absolute Gasteiger partial charge is 0.135 e. The van der Waals surface area contributed by atoms with Crippen LogP contribution in [0.15, 0.2) is 11.1 Å². The lowest BCUT2D eigenvalue weighted by molar-refractivity contribution is 0.484.